The van der Waals surface area contributed by atoms with Gasteiger partial charge >= 0.3 is 6.03 Å². The van der Waals surface area contributed by atoms with E-state index in [1.54, 1.807) is 11.9 Å². The highest BCUT2D eigenvalue weighted by atomic mass is 16.2. The van der Waals surface area contributed by atoms with Crippen molar-refractivity contribution >= 4 is 6.03 Å². The predicted molar refractivity (Wildman–Crippen MR) is 89.4 cm³/mol. The van der Waals surface area contributed by atoms with Crippen LogP contribution in [0.1, 0.15) is 29.7 Å². The molecule has 0 aliphatic rings. The van der Waals surface area contributed by atoms with Crippen LogP contribution in [-0.2, 0) is 13.0 Å². The van der Waals surface area contributed by atoms with Crippen molar-refractivity contribution in [2.75, 3.05) is 13.6 Å². The number of urea groups is 1. The van der Waals surface area contributed by atoms with Gasteiger partial charge in [0.25, 0.3) is 0 Å². The van der Waals surface area contributed by atoms with E-state index in [0.29, 0.717) is 19.5 Å². The zero-order valence-electron chi connectivity index (χ0n) is 14.6. The van der Waals surface area contributed by atoms with Gasteiger partial charge in [-0.1, -0.05) is 0 Å². The number of aromatic amines is 1. The van der Waals surface area contributed by atoms with Crippen LogP contribution >= 0.6 is 0 Å². The quantitative estimate of drug-likeness (QED) is 0.852. The van der Waals surface area contributed by atoms with Crippen molar-refractivity contribution in [3.8, 4) is 0 Å². The molecule has 0 aliphatic heterocycles. The first kappa shape index (κ1) is 17.1. The summed E-state index contributed by atoms with van der Waals surface area (Å²) >= 11 is 0. The summed E-state index contributed by atoms with van der Waals surface area (Å²) in [5.74, 6) is 0. The topological polar surface area (TPSA) is 78.8 Å². The number of H-pyrrole nitrogens is 1. The normalized spacial score (nSPS) is 12.2. The average molecular weight is 318 g/mol. The van der Waals surface area contributed by atoms with Gasteiger partial charge in [-0.2, -0.15) is 10.2 Å². The molecule has 0 aliphatic carbocycles. The fourth-order valence-corrected chi connectivity index (χ4v) is 2.51. The Bertz CT molecular complexity index is 659. The molecule has 0 bridgehead atoms. The number of aryl methyl sites for hydroxylation is 3. The van der Waals surface area contributed by atoms with Crippen molar-refractivity contribution in [2.24, 2.45) is 0 Å². The van der Waals surface area contributed by atoms with Crippen molar-refractivity contribution in [3.63, 3.8) is 0 Å². The maximum Gasteiger partial charge on any atom is 0.317 e. The number of hydrogen-bond acceptors (Lipinski definition) is 3. The van der Waals surface area contributed by atoms with Crippen LogP contribution in [0.25, 0.3) is 0 Å². The third kappa shape index (κ3) is 4.84. The van der Waals surface area contributed by atoms with E-state index >= 15 is 0 Å². The molecule has 2 aromatic heterocycles. The number of carbonyl (C=O) groups excluding carboxylic acids is 1. The number of carbonyl (C=O) groups is 1. The van der Waals surface area contributed by atoms with Crippen LogP contribution in [0.3, 0.4) is 0 Å². The maximum absolute atomic E-state index is 12.2. The van der Waals surface area contributed by atoms with E-state index in [4.69, 9.17) is 0 Å². The minimum absolute atomic E-state index is 0.0290. The van der Waals surface area contributed by atoms with Crippen LogP contribution in [0.15, 0.2) is 12.1 Å². The predicted octanol–water partition coefficient (Wildman–Crippen LogP) is 1.80. The summed E-state index contributed by atoms with van der Waals surface area (Å²) in [6, 6.07) is 3.98. The van der Waals surface area contributed by atoms with Crippen LogP contribution in [-0.4, -0.2) is 50.5 Å². The largest absolute Gasteiger partial charge is 0.335 e. The fourth-order valence-electron chi connectivity index (χ4n) is 2.51. The Morgan fingerprint density at radius 2 is 2.13 bits per heavy atom. The summed E-state index contributed by atoms with van der Waals surface area (Å²) in [4.78, 5) is 13.9. The van der Waals surface area contributed by atoms with Crippen LogP contribution in [0.5, 0.6) is 0 Å². The van der Waals surface area contributed by atoms with E-state index in [1.807, 2.05) is 44.5 Å². The lowest BCUT2D eigenvalue weighted by Crippen LogP contribution is -2.43. The summed E-state index contributed by atoms with van der Waals surface area (Å²) in [7, 11) is 1.80. The van der Waals surface area contributed by atoms with Crippen molar-refractivity contribution < 1.29 is 4.79 Å². The molecule has 2 aromatic rings. The summed E-state index contributed by atoms with van der Waals surface area (Å²) in [5.41, 5.74) is 4.09. The monoisotopic (exact) mass is 318 g/mol. The highest BCUT2D eigenvalue weighted by molar-refractivity contribution is 5.74. The summed E-state index contributed by atoms with van der Waals surface area (Å²) in [5, 5.41) is 14.5. The van der Waals surface area contributed by atoms with Crippen LogP contribution in [0, 0.1) is 20.8 Å². The van der Waals surface area contributed by atoms with Crippen molar-refractivity contribution in [3.05, 3.63) is 34.9 Å². The van der Waals surface area contributed by atoms with E-state index in [2.05, 4.69) is 20.6 Å². The minimum atomic E-state index is -0.0775. The van der Waals surface area contributed by atoms with E-state index in [9.17, 15) is 4.79 Å². The second kappa shape index (κ2) is 7.30. The number of aromatic nitrogens is 4. The fraction of sp³-hybridized carbons (Fsp3) is 0.562. The third-order valence-electron chi connectivity index (χ3n) is 3.74. The highest BCUT2D eigenvalue weighted by Crippen LogP contribution is 2.04. The molecule has 2 N–H and O–H groups in total. The molecule has 1 atom stereocenters. The Kier molecular flexibility index (Phi) is 5.41. The molecule has 0 radical (unpaired) electrons. The number of likely N-dealkylation sites (N-methyl/N-ethyl adjacent to an activating group) is 1. The number of nitrogens with zero attached hydrogens (tertiary/aromatic N) is 4. The molecular weight excluding hydrogens is 292 g/mol. The molecule has 126 valence electrons. The van der Waals surface area contributed by atoms with Crippen LogP contribution < -0.4 is 5.32 Å². The minimum Gasteiger partial charge on any atom is -0.335 e. The molecule has 7 nitrogen and oxygen atoms in total. The van der Waals surface area contributed by atoms with Crippen molar-refractivity contribution in [2.45, 2.75) is 46.7 Å². The molecular formula is C16H26N6O. The van der Waals surface area contributed by atoms with Crippen LogP contribution in [0.2, 0.25) is 0 Å². The lowest BCUT2D eigenvalue weighted by molar-refractivity contribution is 0.203. The molecule has 0 saturated heterocycles. The van der Waals surface area contributed by atoms with E-state index in [1.165, 1.54) is 0 Å². The summed E-state index contributed by atoms with van der Waals surface area (Å²) < 4.78 is 1.93. The molecule has 2 heterocycles. The molecule has 0 spiro atoms. The summed E-state index contributed by atoms with van der Waals surface area (Å²) in [6.45, 7) is 9.24. The first-order valence-corrected chi connectivity index (χ1v) is 7.88. The Hall–Kier alpha value is -2.31. The second-order valence-corrected chi connectivity index (χ2v) is 6.17. The van der Waals surface area contributed by atoms with Gasteiger partial charge in [-0.15, -0.1) is 0 Å². The van der Waals surface area contributed by atoms with Crippen molar-refractivity contribution in [1.82, 2.24) is 30.2 Å². The number of hydrogen-bond donors (Lipinski definition) is 2. The Labute approximate surface area is 137 Å². The van der Waals surface area contributed by atoms with Gasteiger partial charge in [0.05, 0.1) is 17.9 Å². The van der Waals surface area contributed by atoms with E-state index in [-0.39, 0.29) is 12.1 Å². The van der Waals surface area contributed by atoms with Gasteiger partial charge in [0.1, 0.15) is 0 Å². The molecule has 0 saturated carbocycles. The Balaban J connectivity index is 1.78. The molecule has 0 unspecified atom stereocenters. The first-order valence-electron chi connectivity index (χ1n) is 7.88. The molecule has 0 aromatic carbocycles. The van der Waals surface area contributed by atoms with Gasteiger partial charge in [0.15, 0.2) is 0 Å². The number of nitrogens with one attached hydrogen (secondary N) is 2. The summed E-state index contributed by atoms with van der Waals surface area (Å²) in [6.07, 6.45) is 0.710. The van der Waals surface area contributed by atoms with Gasteiger partial charge in [-0.25, -0.2) is 4.79 Å². The first-order chi connectivity index (χ1) is 10.8. The van der Waals surface area contributed by atoms with E-state index in [0.717, 1.165) is 22.8 Å². The average Bonchev–Trinajstić information content (AvgIpc) is 3.01. The van der Waals surface area contributed by atoms with Gasteiger partial charge in [-0.3, -0.25) is 9.78 Å². The number of rotatable bonds is 6. The highest BCUT2D eigenvalue weighted by Gasteiger charge is 2.14. The standard InChI is InChI=1S/C16H26N6O/c1-11(9-15-10-12(2)18-19-15)17-16(23)21(5)6-7-22-14(4)8-13(3)20-22/h8,10-11H,6-7,9H2,1-5H3,(H,17,23)(H,18,19)/t11-/m1/s1. The zero-order valence-corrected chi connectivity index (χ0v) is 14.6. The van der Waals surface area contributed by atoms with Crippen LogP contribution in [0.4, 0.5) is 4.79 Å². The van der Waals surface area contributed by atoms with Gasteiger partial charge in [-0.05, 0) is 39.8 Å². The molecule has 23 heavy (non-hydrogen) atoms. The molecule has 2 rings (SSSR count). The van der Waals surface area contributed by atoms with Gasteiger partial charge in [0.2, 0.25) is 0 Å². The lowest BCUT2D eigenvalue weighted by Gasteiger charge is -2.21. The third-order valence-corrected chi connectivity index (χ3v) is 3.74. The maximum atomic E-state index is 12.2. The van der Waals surface area contributed by atoms with E-state index < -0.39 is 0 Å². The number of amides is 2. The zero-order chi connectivity index (χ0) is 17.0. The Morgan fingerprint density at radius 1 is 1.39 bits per heavy atom. The smallest absolute Gasteiger partial charge is 0.317 e. The Morgan fingerprint density at radius 3 is 2.70 bits per heavy atom. The molecule has 0 fully saturated rings. The second-order valence-electron chi connectivity index (χ2n) is 6.17. The van der Waals surface area contributed by atoms with Gasteiger partial charge in [0, 0.05) is 37.4 Å². The molecule has 7 heteroatoms. The lowest BCUT2D eigenvalue weighted by atomic mass is 10.2. The van der Waals surface area contributed by atoms with Crippen molar-refractivity contribution in [1.29, 1.82) is 0 Å². The SMILES string of the molecule is Cc1cc(C)n(CCN(C)C(=O)N[C@H](C)Cc2cc(C)[nH]n2)n1. The van der Waals surface area contributed by atoms with Gasteiger partial charge < -0.3 is 10.2 Å². The molecule has 2 amide bonds.